The molecule has 0 bridgehead atoms. The number of hydrogen-bond donors (Lipinski definition) is 0. The van der Waals surface area contributed by atoms with Gasteiger partial charge in [0.15, 0.2) is 0 Å². The molecular formula is C21H42. The molecule has 5 unspecified atom stereocenters. The van der Waals surface area contributed by atoms with Crippen molar-refractivity contribution in [2.75, 3.05) is 0 Å². The predicted molar refractivity (Wildman–Crippen MR) is 96.5 cm³/mol. The third-order valence-corrected chi connectivity index (χ3v) is 6.98. The summed E-state index contributed by atoms with van der Waals surface area (Å²) in [6.45, 7) is 17.0. The molecular weight excluding hydrogens is 252 g/mol. The summed E-state index contributed by atoms with van der Waals surface area (Å²) in [6, 6.07) is 0. The van der Waals surface area contributed by atoms with Gasteiger partial charge in [-0.25, -0.2) is 0 Å². The van der Waals surface area contributed by atoms with Crippen molar-refractivity contribution in [1.29, 1.82) is 0 Å². The number of unbranched alkanes of at least 4 members (excludes halogenated alkanes) is 1. The maximum Gasteiger partial charge on any atom is -0.0269 e. The van der Waals surface area contributed by atoms with Gasteiger partial charge in [-0.05, 0) is 60.7 Å². The van der Waals surface area contributed by atoms with Crippen LogP contribution < -0.4 is 0 Å². The zero-order valence-electron chi connectivity index (χ0n) is 16.0. The summed E-state index contributed by atoms with van der Waals surface area (Å²) < 4.78 is 0. The average molecular weight is 295 g/mol. The Hall–Kier alpha value is 0. The molecule has 1 aliphatic rings. The summed E-state index contributed by atoms with van der Waals surface area (Å²) in [5, 5.41) is 0. The van der Waals surface area contributed by atoms with Gasteiger partial charge in [-0.1, -0.05) is 74.1 Å². The van der Waals surface area contributed by atoms with Gasteiger partial charge >= 0.3 is 0 Å². The molecule has 1 fully saturated rings. The first-order chi connectivity index (χ1) is 9.86. The molecule has 1 saturated carbocycles. The van der Waals surface area contributed by atoms with Crippen LogP contribution in [0.15, 0.2) is 0 Å². The summed E-state index contributed by atoms with van der Waals surface area (Å²) in [7, 11) is 0. The standard InChI is InChI=1S/C21H42/c1-8-10-11-17(5)14-20-12-13-21(20,9-2)15-18(6)19(7)16(3)4/h16-20H,8-15H2,1-7H3. The first kappa shape index (κ1) is 19.0. The zero-order valence-corrected chi connectivity index (χ0v) is 16.0. The summed E-state index contributed by atoms with van der Waals surface area (Å²) in [4.78, 5) is 0. The van der Waals surface area contributed by atoms with Crippen LogP contribution in [0.25, 0.3) is 0 Å². The van der Waals surface area contributed by atoms with E-state index < -0.39 is 0 Å². The summed E-state index contributed by atoms with van der Waals surface area (Å²) in [6.07, 6.45) is 11.6. The van der Waals surface area contributed by atoms with E-state index in [4.69, 9.17) is 0 Å². The minimum Gasteiger partial charge on any atom is -0.0654 e. The minimum atomic E-state index is 0.697. The predicted octanol–water partition coefficient (Wildman–Crippen LogP) is 7.33. The van der Waals surface area contributed by atoms with Crippen LogP contribution in [-0.2, 0) is 0 Å². The van der Waals surface area contributed by atoms with Crippen LogP contribution in [0.3, 0.4) is 0 Å². The molecule has 0 N–H and O–H groups in total. The van der Waals surface area contributed by atoms with Crippen molar-refractivity contribution in [2.24, 2.45) is 35.0 Å². The van der Waals surface area contributed by atoms with E-state index in [9.17, 15) is 0 Å². The van der Waals surface area contributed by atoms with E-state index in [2.05, 4.69) is 48.5 Å². The Morgan fingerprint density at radius 2 is 1.71 bits per heavy atom. The van der Waals surface area contributed by atoms with Crippen LogP contribution in [0.1, 0.15) is 99.8 Å². The van der Waals surface area contributed by atoms with Crippen LogP contribution in [-0.4, -0.2) is 0 Å². The highest BCUT2D eigenvalue weighted by Crippen LogP contribution is 2.56. The van der Waals surface area contributed by atoms with E-state index in [1.807, 2.05) is 0 Å². The molecule has 0 aromatic rings. The maximum absolute atomic E-state index is 2.51. The molecule has 0 nitrogen and oxygen atoms in total. The quantitative estimate of drug-likeness (QED) is 0.395. The second-order valence-corrected chi connectivity index (χ2v) is 8.72. The fraction of sp³-hybridized carbons (Fsp3) is 1.00. The van der Waals surface area contributed by atoms with Crippen molar-refractivity contribution in [3.8, 4) is 0 Å². The molecule has 0 aromatic carbocycles. The van der Waals surface area contributed by atoms with Crippen molar-refractivity contribution in [1.82, 2.24) is 0 Å². The smallest absolute Gasteiger partial charge is 0.0269 e. The van der Waals surface area contributed by atoms with Crippen LogP contribution in [0.4, 0.5) is 0 Å². The molecule has 0 radical (unpaired) electrons. The summed E-state index contributed by atoms with van der Waals surface area (Å²) in [5.74, 6) is 4.55. The van der Waals surface area contributed by atoms with Crippen LogP contribution >= 0.6 is 0 Å². The Labute approximate surface area is 135 Å². The lowest BCUT2D eigenvalue weighted by Crippen LogP contribution is -2.42. The summed E-state index contributed by atoms with van der Waals surface area (Å²) in [5.41, 5.74) is 0.697. The van der Waals surface area contributed by atoms with E-state index in [1.54, 1.807) is 0 Å². The topological polar surface area (TPSA) is 0 Å². The Morgan fingerprint density at radius 1 is 1.05 bits per heavy atom. The van der Waals surface area contributed by atoms with E-state index in [0.29, 0.717) is 5.41 Å². The van der Waals surface area contributed by atoms with Gasteiger partial charge in [-0.15, -0.1) is 0 Å². The molecule has 21 heavy (non-hydrogen) atoms. The molecule has 0 amide bonds. The molecule has 0 spiro atoms. The van der Waals surface area contributed by atoms with Gasteiger partial charge in [0.1, 0.15) is 0 Å². The second kappa shape index (κ2) is 8.59. The van der Waals surface area contributed by atoms with E-state index in [1.165, 1.54) is 51.4 Å². The van der Waals surface area contributed by atoms with Crippen molar-refractivity contribution >= 4 is 0 Å². The molecule has 1 rings (SSSR count). The van der Waals surface area contributed by atoms with Crippen molar-refractivity contribution < 1.29 is 0 Å². The van der Waals surface area contributed by atoms with Gasteiger partial charge in [-0.3, -0.25) is 0 Å². The number of rotatable bonds is 10. The van der Waals surface area contributed by atoms with Gasteiger partial charge in [0.05, 0.1) is 0 Å². The molecule has 0 heterocycles. The Kier molecular flexibility index (Phi) is 7.79. The van der Waals surface area contributed by atoms with Crippen LogP contribution in [0.5, 0.6) is 0 Å². The highest BCUT2D eigenvalue weighted by Gasteiger charge is 2.46. The van der Waals surface area contributed by atoms with E-state index in [0.717, 1.165) is 29.6 Å². The van der Waals surface area contributed by atoms with Gasteiger partial charge in [0.2, 0.25) is 0 Å². The summed E-state index contributed by atoms with van der Waals surface area (Å²) >= 11 is 0. The second-order valence-electron chi connectivity index (χ2n) is 8.72. The lowest BCUT2D eigenvalue weighted by molar-refractivity contribution is -0.0226. The Bertz CT molecular complexity index is 276. The minimum absolute atomic E-state index is 0.697. The SMILES string of the molecule is CCCCC(C)CC1CCC1(CC)CC(C)C(C)C(C)C. The third kappa shape index (κ3) is 5.00. The third-order valence-electron chi connectivity index (χ3n) is 6.98. The monoisotopic (exact) mass is 294 g/mol. The Balaban J connectivity index is 2.55. The Morgan fingerprint density at radius 3 is 2.14 bits per heavy atom. The van der Waals surface area contributed by atoms with Gasteiger partial charge in [-0.2, -0.15) is 0 Å². The van der Waals surface area contributed by atoms with E-state index in [-0.39, 0.29) is 0 Å². The average Bonchev–Trinajstić information content (AvgIpc) is 2.45. The molecule has 5 atom stereocenters. The molecule has 0 aromatic heterocycles. The fourth-order valence-electron chi connectivity index (χ4n) is 4.64. The van der Waals surface area contributed by atoms with Crippen molar-refractivity contribution in [2.45, 2.75) is 99.8 Å². The highest BCUT2D eigenvalue weighted by molar-refractivity contribution is 4.96. The van der Waals surface area contributed by atoms with Gasteiger partial charge in [0, 0.05) is 0 Å². The molecule has 0 heteroatoms. The highest BCUT2D eigenvalue weighted by atomic mass is 14.5. The fourth-order valence-corrected chi connectivity index (χ4v) is 4.64. The lowest BCUT2D eigenvalue weighted by Gasteiger charge is -2.53. The number of hydrogen-bond acceptors (Lipinski definition) is 0. The normalized spacial score (nSPS) is 30.0. The molecule has 0 saturated heterocycles. The van der Waals surface area contributed by atoms with Crippen molar-refractivity contribution in [3.05, 3.63) is 0 Å². The first-order valence-corrected chi connectivity index (χ1v) is 9.86. The van der Waals surface area contributed by atoms with Crippen molar-refractivity contribution in [3.63, 3.8) is 0 Å². The maximum atomic E-state index is 2.51. The molecule has 0 aliphatic heterocycles. The molecule has 1 aliphatic carbocycles. The van der Waals surface area contributed by atoms with Crippen LogP contribution in [0, 0.1) is 35.0 Å². The zero-order chi connectivity index (χ0) is 16.0. The van der Waals surface area contributed by atoms with E-state index >= 15 is 0 Å². The van der Waals surface area contributed by atoms with Gasteiger partial charge < -0.3 is 0 Å². The van der Waals surface area contributed by atoms with Gasteiger partial charge in [0.25, 0.3) is 0 Å². The lowest BCUT2D eigenvalue weighted by atomic mass is 9.52. The van der Waals surface area contributed by atoms with Crippen LogP contribution in [0.2, 0.25) is 0 Å². The first-order valence-electron chi connectivity index (χ1n) is 9.86. The molecule has 126 valence electrons. The largest absolute Gasteiger partial charge is 0.0654 e.